The Morgan fingerprint density at radius 2 is 1.53 bits per heavy atom. The quantitative estimate of drug-likeness (QED) is 0.226. The summed E-state index contributed by atoms with van der Waals surface area (Å²) in [5.41, 5.74) is 2.51. The van der Waals surface area contributed by atoms with Gasteiger partial charge in [-0.3, -0.25) is 9.59 Å². The summed E-state index contributed by atoms with van der Waals surface area (Å²) in [5, 5.41) is 6.11. The summed E-state index contributed by atoms with van der Waals surface area (Å²) in [7, 11) is 1.58. The Balaban J connectivity index is 1.48. The Bertz CT molecular complexity index is 1350. The molecular weight excluding hydrogens is 515 g/mol. The van der Waals surface area contributed by atoms with E-state index >= 15 is 0 Å². The molecule has 0 saturated heterocycles. The first kappa shape index (κ1) is 25.6. The smallest absolute Gasteiger partial charge is 0.255 e. The number of thioether (sulfide) groups is 1. The lowest BCUT2D eigenvalue weighted by Gasteiger charge is -2.18. The fourth-order valence-corrected chi connectivity index (χ4v) is 4.87. The molecule has 1 unspecified atom stereocenters. The fraction of sp³-hybridized carbons (Fsp3) is 0.0714. The Hall–Kier alpha value is -3.45. The molecule has 182 valence electrons. The number of methoxy groups -OCH3 is 1. The third-order valence-electron chi connectivity index (χ3n) is 5.25. The van der Waals surface area contributed by atoms with E-state index < -0.39 is 5.25 Å². The molecule has 4 aromatic carbocycles. The van der Waals surface area contributed by atoms with E-state index in [0.29, 0.717) is 32.7 Å². The number of hydrogen-bond donors (Lipinski definition) is 2. The third-order valence-corrected chi connectivity index (χ3v) is 7.06. The average molecular weight is 537 g/mol. The van der Waals surface area contributed by atoms with E-state index in [1.807, 2.05) is 42.5 Å². The minimum absolute atomic E-state index is 0.215. The topological polar surface area (TPSA) is 67.4 Å². The second-order valence-electron chi connectivity index (χ2n) is 7.73. The molecule has 0 spiro atoms. The maximum atomic E-state index is 13.3. The summed E-state index contributed by atoms with van der Waals surface area (Å²) >= 11 is 13.6. The number of ether oxygens (including phenoxy) is 1. The SMILES string of the molecule is COc1ccc(C(=O)Nc2ccc(SC(C(=O)Nc3ccc(Cl)cc3Cl)c3ccccc3)cc2)cc1. The molecule has 0 aromatic heterocycles. The van der Waals surface area contributed by atoms with Crippen LogP contribution in [-0.4, -0.2) is 18.9 Å². The van der Waals surface area contributed by atoms with Gasteiger partial charge in [0.05, 0.1) is 17.8 Å². The van der Waals surface area contributed by atoms with E-state index in [-0.39, 0.29) is 11.8 Å². The van der Waals surface area contributed by atoms with Gasteiger partial charge in [-0.2, -0.15) is 0 Å². The number of nitrogens with one attached hydrogen (secondary N) is 2. The van der Waals surface area contributed by atoms with Gasteiger partial charge in [0.2, 0.25) is 5.91 Å². The van der Waals surface area contributed by atoms with E-state index in [1.54, 1.807) is 61.7 Å². The van der Waals surface area contributed by atoms with Crippen LogP contribution in [0.2, 0.25) is 10.0 Å². The molecule has 4 aromatic rings. The lowest BCUT2D eigenvalue weighted by Crippen LogP contribution is -2.19. The molecule has 0 aliphatic carbocycles. The van der Waals surface area contributed by atoms with Gasteiger partial charge in [-0.15, -0.1) is 11.8 Å². The summed E-state index contributed by atoms with van der Waals surface area (Å²) in [6.07, 6.45) is 0. The molecule has 0 aliphatic heterocycles. The van der Waals surface area contributed by atoms with Gasteiger partial charge in [0.25, 0.3) is 5.91 Å². The minimum Gasteiger partial charge on any atom is -0.497 e. The second-order valence-corrected chi connectivity index (χ2v) is 9.75. The van der Waals surface area contributed by atoms with Crippen molar-refractivity contribution in [3.8, 4) is 5.75 Å². The molecule has 0 radical (unpaired) electrons. The normalized spacial score (nSPS) is 11.4. The molecule has 0 saturated carbocycles. The van der Waals surface area contributed by atoms with Gasteiger partial charge in [0.15, 0.2) is 0 Å². The Morgan fingerprint density at radius 1 is 0.833 bits per heavy atom. The van der Waals surface area contributed by atoms with Crippen LogP contribution < -0.4 is 15.4 Å². The molecule has 0 aliphatic rings. The van der Waals surface area contributed by atoms with Crippen molar-refractivity contribution in [1.29, 1.82) is 0 Å². The second kappa shape index (κ2) is 12.0. The van der Waals surface area contributed by atoms with Crippen LogP contribution in [0.5, 0.6) is 5.75 Å². The van der Waals surface area contributed by atoms with Crippen LogP contribution in [-0.2, 0) is 4.79 Å². The van der Waals surface area contributed by atoms with Crippen molar-refractivity contribution in [3.63, 3.8) is 0 Å². The highest BCUT2D eigenvalue weighted by Gasteiger charge is 2.23. The first-order valence-electron chi connectivity index (χ1n) is 11.0. The highest BCUT2D eigenvalue weighted by atomic mass is 35.5. The zero-order chi connectivity index (χ0) is 25.5. The number of benzene rings is 4. The van der Waals surface area contributed by atoms with Crippen LogP contribution in [0.1, 0.15) is 21.2 Å². The van der Waals surface area contributed by atoms with Gasteiger partial charge in [-0.1, -0.05) is 53.5 Å². The van der Waals surface area contributed by atoms with Crippen molar-refractivity contribution in [2.24, 2.45) is 0 Å². The number of halogens is 2. The lowest BCUT2D eigenvalue weighted by atomic mass is 10.1. The van der Waals surface area contributed by atoms with E-state index in [2.05, 4.69) is 10.6 Å². The first-order valence-corrected chi connectivity index (χ1v) is 12.6. The molecule has 36 heavy (non-hydrogen) atoms. The molecule has 8 heteroatoms. The van der Waals surface area contributed by atoms with Crippen LogP contribution in [0.15, 0.2) is 102 Å². The van der Waals surface area contributed by atoms with Crippen molar-refractivity contribution in [3.05, 3.63) is 118 Å². The largest absolute Gasteiger partial charge is 0.497 e. The number of anilines is 2. The highest BCUT2D eigenvalue weighted by molar-refractivity contribution is 8.00. The van der Waals surface area contributed by atoms with Crippen LogP contribution in [0.25, 0.3) is 0 Å². The van der Waals surface area contributed by atoms with Crippen molar-refractivity contribution in [1.82, 2.24) is 0 Å². The summed E-state index contributed by atoms with van der Waals surface area (Å²) in [6, 6.07) is 28.7. The Kier molecular flexibility index (Phi) is 8.54. The third kappa shape index (κ3) is 6.61. The van der Waals surface area contributed by atoms with Gasteiger partial charge < -0.3 is 15.4 Å². The number of amides is 2. The Labute approximate surface area is 223 Å². The predicted molar refractivity (Wildman–Crippen MR) is 148 cm³/mol. The van der Waals surface area contributed by atoms with Crippen LogP contribution >= 0.6 is 35.0 Å². The maximum absolute atomic E-state index is 13.3. The zero-order valence-electron chi connectivity index (χ0n) is 19.2. The van der Waals surface area contributed by atoms with Crippen LogP contribution in [0, 0.1) is 0 Å². The van der Waals surface area contributed by atoms with Crippen molar-refractivity contribution >= 4 is 58.2 Å². The molecule has 2 N–H and O–H groups in total. The molecule has 5 nitrogen and oxygen atoms in total. The summed E-state index contributed by atoms with van der Waals surface area (Å²) in [5.74, 6) is 0.245. The zero-order valence-corrected chi connectivity index (χ0v) is 21.5. The van der Waals surface area contributed by atoms with E-state index in [4.69, 9.17) is 27.9 Å². The first-order chi connectivity index (χ1) is 17.4. The minimum atomic E-state index is -0.530. The number of hydrogen-bond acceptors (Lipinski definition) is 4. The predicted octanol–water partition coefficient (Wildman–Crippen LogP) is 7.73. The van der Waals surface area contributed by atoms with Crippen LogP contribution in [0.4, 0.5) is 11.4 Å². The molecule has 1 atom stereocenters. The molecule has 0 fully saturated rings. The van der Waals surface area contributed by atoms with Crippen molar-refractivity contribution in [2.45, 2.75) is 10.1 Å². The van der Waals surface area contributed by atoms with E-state index in [9.17, 15) is 9.59 Å². The Morgan fingerprint density at radius 3 is 2.17 bits per heavy atom. The fourth-order valence-electron chi connectivity index (χ4n) is 3.39. The number of rotatable bonds is 8. The molecule has 4 rings (SSSR count). The monoisotopic (exact) mass is 536 g/mol. The van der Waals surface area contributed by atoms with Gasteiger partial charge in [-0.25, -0.2) is 0 Å². The van der Waals surface area contributed by atoms with E-state index in [0.717, 1.165) is 10.5 Å². The summed E-state index contributed by atoms with van der Waals surface area (Å²) < 4.78 is 5.13. The number of carbonyl (C=O) groups excluding carboxylic acids is 2. The van der Waals surface area contributed by atoms with E-state index in [1.165, 1.54) is 11.8 Å². The molecule has 0 bridgehead atoms. The lowest BCUT2D eigenvalue weighted by molar-refractivity contribution is -0.115. The average Bonchev–Trinajstić information content (AvgIpc) is 2.90. The summed E-state index contributed by atoms with van der Waals surface area (Å²) in [4.78, 5) is 26.7. The molecule has 2 amide bonds. The van der Waals surface area contributed by atoms with Gasteiger partial charge >= 0.3 is 0 Å². The van der Waals surface area contributed by atoms with Gasteiger partial charge in [0, 0.05) is 21.2 Å². The van der Waals surface area contributed by atoms with Crippen molar-refractivity contribution in [2.75, 3.05) is 17.7 Å². The molecule has 0 heterocycles. The summed E-state index contributed by atoms with van der Waals surface area (Å²) in [6.45, 7) is 0. The maximum Gasteiger partial charge on any atom is 0.255 e. The van der Waals surface area contributed by atoms with Gasteiger partial charge in [0.1, 0.15) is 11.0 Å². The van der Waals surface area contributed by atoms with Crippen molar-refractivity contribution < 1.29 is 14.3 Å². The van der Waals surface area contributed by atoms with Crippen LogP contribution in [0.3, 0.4) is 0 Å². The standard InChI is InChI=1S/C28H22Cl2N2O3S/c1-35-22-12-7-19(8-13-22)27(33)31-21-10-14-23(15-11-21)36-26(18-5-3-2-4-6-18)28(34)32-25-16-9-20(29)17-24(25)30/h2-17,26H,1H3,(H,31,33)(H,32,34). The number of carbonyl (C=O) groups is 2. The van der Waals surface area contributed by atoms with Gasteiger partial charge in [-0.05, 0) is 72.3 Å². The molecular formula is C28H22Cl2N2O3S. The highest BCUT2D eigenvalue weighted by Crippen LogP contribution is 2.37.